The Kier molecular flexibility index (Phi) is 5.03. The number of aromatic nitrogens is 1. The molecule has 1 amide bonds. The number of carbonyl (C=O) groups is 1. The van der Waals surface area contributed by atoms with Crippen molar-refractivity contribution in [3.63, 3.8) is 0 Å². The summed E-state index contributed by atoms with van der Waals surface area (Å²) < 4.78 is 0. The zero-order chi connectivity index (χ0) is 16.1. The van der Waals surface area contributed by atoms with Crippen molar-refractivity contribution in [2.75, 3.05) is 19.6 Å². The Morgan fingerprint density at radius 3 is 2.78 bits per heavy atom. The SMILES string of the molecule is NC(=O)c1cccc([C@H]2CCCN(CCc3ccccc3)C2)n1. The van der Waals surface area contributed by atoms with Crippen molar-refractivity contribution >= 4 is 5.91 Å². The van der Waals surface area contributed by atoms with Gasteiger partial charge in [0.15, 0.2) is 0 Å². The highest BCUT2D eigenvalue weighted by molar-refractivity contribution is 5.90. The molecule has 0 bridgehead atoms. The lowest BCUT2D eigenvalue weighted by atomic mass is 9.93. The van der Waals surface area contributed by atoms with E-state index in [4.69, 9.17) is 5.73 Å². The van der Waals surface area contributed by atoms with Gasteiger partial charge in [-0.2, -0.15) is 0 Å². The molecule has 1 atom stereocenters. The number of hydrogen-bond acceptors (Lipinski definition) is 3. The molecule has 2 aromatic rings. The average molecular weight is 309 g/mol. The standard InChI is InChI=1S/C19H23N3O/c20-19(23)18-10-4-9-17(21-18)16-8-5-12-22(14-16)13-11-15-6-2-1-3-7-15/h1-4,6-7,9-10,16H,5,8,11-14H2,(H2,20,23)/t16-/m0/s1. The third-order valence-electron chi connectivity index (χ3n) is 4.51. The van der Waals surface area contributed by atoms with E-state index in [2.05, 4.69) is 40.2 Å². The normalized spacial score (nSPS) is 18.7. The third kappa shape index (κ3) is 4.17. The van der Waals surface area contributed by atoms with Crippen molar-refractivity contribution in [3.05, 3.63) is 65.5 Å². The molecular weight excluding hydrogens is 286 g/mol. The highest BCUT2D eigenvalue weighted by atomic mass is 16.1. The first-order valence-electron chi connectivity index (χ1n) is 8.25. The van der Waals surface area contributed by atoms with Crippen LogP contribution in [-0.4, -0.2) is 35.4 Å². The van der Waals surface area contributed by atoms with Crippen LogP contribution in [0.2, 0.25) is 0 Å². The number of amides is 1. The van der Waals surface area contributed by atoms with Crippen molar-refractivity contribution in [1.29, 1.82) is 0 Å². The maximum atomic E-state index is 11.3. The molecule has 1 aromatic carbocycles. The number of primary amides is 1. The fourth-order valence-corrected chi connectivity index (χ4v) is 3.25. The van der Waals surface area contributed by atoms with E-state index < -0.39 is 5.91 Å². The van der Waals surface area contributed by atoms with Gasteiger partial charge in [-0.05, 0) is 43.5 Å². The number of nitrogens with two attached hydrogens (primary N) is 1. The maximum Gasteiger partial charge on any atom is 0.267 e. The van der Waals surface area contributed by atoms with Crippen LogP contribution in [0.4, 0.5) is 0 Å². The Balaban J connectivity index is 1.62. The molecule has 1 aliphatic rings. The van der Waals surface area contributed by atoms with Gasteiger partial charge in [0, 0.05) is 24.7 Å². The molecule has 1 saturated heterocycles. The Hall–Kier alpha value is -2.20. The smallest absolute Gasteiger partial charge is 0.267 e. The minimum absolute atomic E-state index is 0.365. The van der Waals surface area contributed by atoms with Gasteiger partial charge in [-0.3, -0.25) is 4.79 Å². The van der Waals surface area contributed by atoms with E-state index in [0.717, 1.165) is 38.2 Å². The fourth-order valence-electron chi connectivity index (χ4n) is 3.25. The second-order valence-electron chi connectivity index (χ2n) is 6.19. The molecule has 4 nitrogen and oxygen atoms in total. The Labute approximate surface area is 137 Å². The molecule has 0 unspecified atom stereocenters. The molecule has 0 spiro atoms. The minimum atomic E-state index is -0.455. The number of piperidine rings is 1. The van der Waals surface area contributed by atoms with E-state index in [1.54, 1.807) is 6.07 Å². The van der Waals surface area contributed by atoms with E-state index in [0.29, 0.717) is 11.6 Å². The third-order valence-corrected chi connectivity index (χ3v) is 4.51. The predicted octanol–water partition coefficient (Wildman–Crippen LogP) is 2.60. The monoisotopic (exact) mass is 309 g/mol. The fraction of sp³-hybridized carbons (Fsp3) is 0.368. The lowest BCUT2D eigenvalue weighted by Crippen LogP contribution is -2.36. The van der Waals surface area contributed by atoms with Crippen LogP contribution in [0.3, 0.4) is 0 Å². The van der Waals surface area contributed by atoms with Gasteiger partial charge in [0.1, 0.15) is 5.69 Å². The van der Waals surface area contributed by atoms with Crippen LogP contribution < -0.4 is 5.73 Å². The van der Waals surface area contributed by atoms with Gasteiger partial charge in [0.25, 0.3) is 5.91 Å². The van der Waals surface area contributed by atoms with Gasteiger partial charge in [0.2, 0.25) is 0 Å². The van der Waals surface area contributed by atoms with Crippen molar-refractivity contribution in [2.24, 2.45) is 5.73 Å². The van der Waals surface area contributed by atoms with E-state index in [1.807, 2.05) is 12.1 Å². The largest absolute Gasteiger partial charge is 0.364 e. The van der Waals surface area contributed by atoms with Crippen LogP contribution in [-0.2, 0) is 6.42 Å². The Morgan fingerprint density at radius 1 is 1.17 bits per heavy atom. The summed E-state index contributed by atoms with van der Waals surface area (Å²) >= 11 is 0. The molecule has 0 aliphatic carbocycles. The summed E-state index contributed by atoms with van der Waals surface area (Å²) in [6.45, 7) is 3.21. The van der Waals surface area contributed by atoms with Crippen molar-refractivity contribution in [2.45, 2.75) is 25.2 Å². The quantitative estimate of drug-likeness (QED) is 0.923. The molecule has 1 fully saturated rings. The second kappa shape index (κ2) is 7.38. The Morgan fingerprint density at radius 2 is 2.00 bits per heavy atom. The molecule has 23 heavy (non-hydrogen) atoms. The lowest BCUT2D eigenvalue weighted by Gasteiger charge is -2.32. The highest BCUT2D eigenvalue weighted by Gasteiger charge is 2.22. The zero-order valence-corrected chi connectivity index (χ0v) is 13.3. The van der Waals surface area contributed by atoms with E-state index in [-0.39, 0.29) is 0 Å². The van der Waals surface area contributed by atoms with Crippen LogP contribution in [0.1, 0.15) is 40.5 Å². The number of carbonyl (C=O) groups excluding carboxylic acids is 1. The molecule has 1 aromatic heterocycles. The molecule has 0 radical (unpaired) electrons. The molecule has 1 aliphatic heterocycles. The molecule has 2 heterocycles. The lowest BCUT2D eigenvalue weighted by molar-refractivity contribution is 0.0995. The van der Waals surface area contributed by atoms with Crippen LogP contribution in [0, 0.1) is 0 Å². The van der Waals surface area contributed by atoms with Gasteiger partial charge in [-0.1, -0.05) is 36.4 Å². The number of rotatable bonds is 5. The molecule has 4 heteroatoms. The number of likely N-dealkylation sites (tertiary alicyclic amines) is 1. The molecular formula is C19H23N3O. The number of nitrogens with zero attached hydrogens (tertiary/aromatic N) is 2. The van der Waals surface area contributed by atoms with Gasteiger partial charge in [-0.15, -0.1) is 0 Å². The van der Waals surface area contributed by atoms with Crippen molar-refractivity contribution in [3.8, 4) is 0 Å². The topological polar surface area (TPSA) is 59.2 Å². The summed E-state index contributed by atoms with van der Waals surface area (Å²) in [6.07, 6.45) is 3.36. The van der Waals surface area contributed by atoms with Gasteiger partial charge in [0.05, 0.1) is 0 Å². The first kappa shape index (κ1) is 15.7. The van der Waals surface area contributed by atoms with E-state index >= 15 is 0 Å². The first-order valence-corrected chi connectivity index (χ1v) is 8.25. The second-order valence-corrected chi connectivity index (χ2v) is 6.19. The summed E-state index contributed by atoms with van der Waals surface area (Å²) in [6, 6.07) is 16.2. The van der Waals surface area contributed by atoms with Gasteiger partial charge >= 0.3 is 0 Å². The van der Waals surface area contributed by atoms with Crippen molar-refractivity contribution in [1.82, 2.24) is 9.88 Å². The summed E-state index contributed by atoms with van der Waals surface area (Å²) in [5.41, 5.74) is 8.07. The number of benzene rings is 1. The van der Waals surface area contributed by atoms with Gasteiger partial charge in [-0.25, -0.2) is 4.98 Å². The summed E-state index contributed by atoms with van der Waals surface area (Å²) in [4.78, 5) is 18.3. The number of hydrogen-bond donors (Lipinski definition) is 1. The average Bonchev–Trinajstić information content (AvgIpc) is 2.61. The predicted molar refractivity (Wildman–Crippen MR) is 91.3 cm³/mol. The molecule has 2 N–H and O–H groups in total. The summed E-state index contributed by atoms with van der Waals surface area (Å²) in [7, 11) is 0. The van der Waals surface area contributed by atoms with Crippen molar-refractivity contribution < 1.29 is 4.79 Å². The summed E-state index contributed by atoms with van der Waals surface area (Å²) in [5.74, 6) is -0.0672. The van der Waals surface area contributed by atoms with Crippen LogP contribution in [0.5, 0.6) is 0 Å². The first-order chi connectivity index (χ1) is 11.2. The minimum Gasteiger partial charge on any atom is -0.364 e. The van der Waals surface area contributed by atoms with Crippen LogP contribution in [0.25, 0.3) is 0 Å². The number of pyridine rings is 1. The van der Waals surface area contributed by atoms with E-state index in [1.165, 1.54) is 12.0 Å². The van der Waals surface area contributed by atoms with Gasteiger partial charge < -0.3 is 10.6 Å². The zero-order valence-electron chi connectivity index (χ0n) is 13.3. The molecule has 3 rings (SSSR count). The molecule has 120 valence electrons. The molecule has 0 saturated carbocycles. The highest BCUT2D eigenvalue weighted by Crippen LogP contribution is 2.25. The van der Waals surface area contributed by atoms with E-state index in [9.17, 15) is 4.79 Å². The van der Waals surface area contributed by atoms with Crippen LogP contribution >= 0.6 is 0 Å². The summed E-state index contributed by atoms with van der Waals surface area (Å²) in [5, 5.41) is 0. The Bertz CT molecular complexity index is 657. The maximum absolute atomic E-state index is 11.3. The van der Waals surface area contributed by atoms with Crippen LogP contribution in [0.15, 0.2) is 48.5 Å².